The average molecular weight is 226 g/mol. The summed E-state index contributed by atoms with van der Waals surface area (Å²) in [7, 11) is 0. The maximum absolute atomic E-state index is 10.7. The first kappa shape index (κ1) is 11.7. The van der Waals surface area contributed by atoms with Crippen LogP contribution in [0.1, 0.15) is 25.3 Å². The van der Waals surface area contributed by atoms with Gasteiger partial charge in [0.15, 0.2) is 0 Å². The molecule has 0 saturated heterocycles. The zero-order valence-electron chi connectivity index (χ0n) is 8.44. The van der Waals surface area contributed by atoms with Gasteiger partial charge < -0.3 is 0 Å². The van der Waals surface area contributed by atoms with Crippen molar-refractivity contribution in [1.82, 2.24) is 0 Å². The van der Waals surface area contributed by atoms with Crippen LogP contribution in [-0.4, -0.2) is 4.92 Å². The summed E-state index contributed by atoms with van der Waals surface area (Å²) in [4.78, 5) is 10.3. The van der Waals surface area contributed by atoms with Crippen molar-refractivity contribution in [3.8, 4) is 0 Å². The second kappa shape index (κ2) is 5.51. The Morgan fingerprint density at radius 3 is 2.87 bits per heavy atom. The average Bonchev–Trinajstić information content (AvgIpc) is 2.17. The highest BCUT2D eigenvalue weighted by molar-refractivity contribution is 6.30. The minimum Gasteiger partial charge on any atom is -0.259 e. The molecule has 1 rings (SSSR count). The van der Waals surface area contributed by atoms with Gasteiger partial charge in [0.2, 0.25) is 5.70 Å². The Labute approximate surface area is 93.5 Å². The third-order valence-electron chi connectivity index (χ3n) is 1.92. The van der Waals surface area contributed by atoms with Crippen LogP contribution in [0.25, 0.3) is 6.08 Å². The number of rotatable bonds is 4. The van der Waals surface area contributed by atoms with Gasteiger partial charge in [-0.25, -0.2) is 0 Å². The van der Waals surface area contributed by atoms with Crippen LogP contribution >= 0.6 is 11.6 Å². The number of nitro groups is 1. The molecule has 0 aliphatic rings. The molecule has 0 atom stereocenters. The van der Waals surface area contributed by atoms with E-state index in [0.29, 0.717) is 11.4 Å². The first-order valence-corrected chi connectivity index (χ1v) is 5.12. The predicted octanol–water partition coefficient (Wildman–Crippen LogP) is 3.76. The van der Waals surface area contributed by atoms with E-state index in [0.717, 1.165) is 12.0 Å². The fraction of sp³-hybridized carbons (Fsp3) is 0.273. The highest BCUT2D eigenvalue weighted by atomic mass is 35.5. The summed E-state index contributed by atoms with van der Waals surface area (Å²) < 4.78 is 0. The Morgan fingerprint density at radius 1 is 1.60 bits per heavy atom. The third kappa shape index (κ3) is 3.72. The molecule has 0 aromatic heterocycles. The number of allylic oxidation sites excluding steroid dienone is 1. The molecular formula is C11H12ClNO2. The summed E-state index contributed by atoms with van der Waals surface area (Å²) in [6.45, 7) is 1.91. The Morgan fingerprint density at radius 2 is 2.33 bits per heavy atom. The number of hydrogen-bond donors (Lipinski definition) is 0. The van der Waals surface area contributed by atoms with Gasteiger partial charge in [0.25, 0.3) is 0 Å². The normalized spacial score (nSPS) is 11.5. The van der Waals surface area contributed by atoms with Crippen molar-refractivity contribution in [3.63, 3.8) is 0 Å². The van der Waals surface area contributed by atoms with Gasteiger partial charge in [-0.1, -0.05) is 30.7 Å². The lowest BCUT2D eigenvalue weighted by molar-refractivity contribution is -0.426. The molecule has 0 radical (unpaired) electrons. The molecule has 0 heterocycles. The van der Waals surface area contributed by atoms with Gasteiger partial charge in [0.05, 0.1) is 4.92 Å². The van der Waals surface area contributed by atoms with E-state index >= 15 is 0 Å². The summed E-state index contributed by atoms with van der Waals surface area (Å²) >= 11 is 5.79. The maximum Gasteiger partial charge on any atom is 0.246 e. The minimum absolute atomic E-state index is 0.222. The topological polar surface area (TPSA) is 43.1 Å². The van der Waals surface area contributed by atoms with Gasteiger partial charge in [-0.05, 0) is 24.1 Å². The van der Waals surface area contributed by atoms with E-state index in [-0.39, 0.29) is 10.6 Å². The highest BCUT2D eigenvalue weighted by Gasteiger charge is 2.08. The summed E-state index contributed by atoms with van der Waals surface area (Å²) in [5, 5.41) is 11.3. The molecule has 80 valence electrons. The molecule has 0 bridgehead atoms. The van der Waals surface area contributed by atoms with Gasteiger partial charge >= 0.3 is 0 Å². The maximum atomic E-state index is 10.7. The van der Waals surface area contributed by atoms with Gasteiger partial charge in [0, 0.05) is 17.5 Å². The summed E-state index contributed by atoms with van der Waals surface area (Å²) in [6.07, 6.45) is 2.79. The molecule has 0 amide bonds. The van der Waals surface area contributed by atoms with E-state index in [9.17, 15) is 10.1 Å². The van der Waals surface area contributed by atoms with Crippen molar-refractivity contribution in [2.24, 2.45) is 0 Å². The van der Waals surface area contributed by atoms with Crippen molar-refractivity contribution >= 4 is 17.7 Å². The zero-order valence-corrected chi connectivity index (χ0v) is 9.20. The van der Waals surface area contributed by atoms with Crippen LogP contribution in [0.15, 0.2) is 30.0 Å². The Hall–Kier alpha value is -1.35. The number of hydrogen-bond acceptors (Lipinski definition) is 2. The van der Waals surface area contributed by atoms with E-state index in [1.54, 1.807) is 30.3 Å². The van der Waals surface area contributed by atoms with Gasteiger partial charge in [-0.2, -0.15) is 0 Å². The van der Waals surface area contributed by atoms with Crippen LogP contribution in [0.3, 0.4) is 0 Å². The van der Waals surface area contributed by atoms with Crippen LogP contribution in [0.5, 0.6) is 0 Å². The largest absolute Gasteiger partial charge is 0.259 e. The number of nitrogens with zero attached hydrogens (tertiary/aromatic N) is 1. The quantitative estimate of drug-likeness (QED) is 0.579. The van der Waals surface area contributed by atoms with E-state index in [4.69, 9.17) is 11.6 Å². The van der Waals surface area contributed by atoms with Crippen LogP contribution in [0, 0.1) is 10.1 Å². The van der Waals surface area contributed by atoms with E-state index in [1.165, 1.54) is 0 Å². The van der Waals surface area contributed by atoms with Crippen molar-refractivity contribution in [3.05, 3.63) is 50.7 Å². The van der Waals surface area contributed by atoms with E-state index < -0.39 is 0 Å². The minimum atomic E-state index is -0.343. The predicted molar refractivity (Wildman–Crippen MR) is 61.3 cm³/mol. The smallest absolute Gasteiger partial charge is 0.246 e. The number of benzene rings is 1. The second-order valence-corrected chi connectivity index (χ2v) is 3.63. The second-order valence-electron chi connectivity index (χ2n) is 3.20. The van der Waals surface area contributed by atoms with E-state index in [1.807, 2.05) is 6.92 Å². The van der Waals surface area contributed by atoms with Crippen LogP contribution in [-0.2, 0) is 0 Å². The summed E-state index contributed by atoms with van der Waals surface area (Å²) in [5.74, 6) is 0. The molecule has 0 unspecified atom stereocenters. The number of halogens is 1. The molecule has 0 saturated carbocycles. The molecule has 0 aliphatic carbocycles. The van der Waals surface area contributed by atoms with Gasteiger partial charge in [-0.15, -0.1) is 0 Å². The lowest BCUT2D eigenvalue weighted by Gasteiger charge is -1.97. The fourth-order valence-corrected chi connectivity index (χ4v) is 1.46. The monoisotopic (exact) mass is 225 g/mol. The fourth-order valence-electron chi connectivity index (χ4n) is 1.26. The van der Waals surface area contributed by atoms with Crippen molar-refractivity contribution < 1.29 is 4.92 Å². The molecule has 0 spiro atoms. The van der Waals surface area contributed by atoms with Crippen LogP contribution in [0.2, 0.25) is 5.02 Å². The van der Waals surface area contributed by atoms with Gasteiger partial charge in [-0.3, -0.25) is 10.1 Å². The standard InChI is InChI=1S/C11H12ClNO2/c1-2-4-11(13(14)15)8-9-5-3-6-10(12)7-9/h3,5-8H,2,4H2,1H3. The van der Waals surface area contributed by atoms with Crippen molar-refractivity contribution in [2.45, 2.75) is 19.8 Å². The summed E-state index contributed by atoms with van der Waals surface area (Å²) in [6, 6.07) is 7.02. The molecule has 4 heteroatoms. The van der Waals surface area contributed by atoms with Crippen molar-refractivity contribution in [1.29, 1.82) is 0 Å². The van der Waals surface area contributed by atoms with Crippen LogP contribution < -0.4 is 0 Å². The lowest BCUT2D eigenvalue weighted by atomic mass is 10.1. The molecule has 1 aromatic carbocycles. The van der Waals surface area contributed by atoms with E-state index in [2.05, 4.69) is 0 Å². The molecule has 3 nitrogen and oxygen atoms in total. The lowest BCUT2D eigenvalue weighted by Crippen LogP contribution is -1.97. The molecule has 1 aromatic rings. The Bertz CT molecular complexity index is 388. The Kier molecular flexibility index (Phi) is 4.31. The van der Waals surface area contributed by atoms with Crippen LogP contribution in [0.4, 0.5) is 0 Å². The zero-order chi connectivity index (χ0) is 11.3. The SMILES string of the molecule is CCCC(=Cc1cccc(Cl)c1)[N+](=O)[O-]. The van der Waals surface area contributed by atoms with Gasteiger partial charge in [0.1, 0.15) is 0 Å². The first-order valence-electron chi connectivity index (χ1n) is 4.74. The molecule has 0 fully saturated rings. The molecule has 0 N–H and O–H groups in total. The molecular weight excluding hydrogens is 214 g/mol. The first-order chi connectivity index (χ1) is 7.13. The third-order valence-corrected chi connectivity index (χ3v) is 2.16. The Balaban J connectivity index is 2.96. The molecule has 15 heavy (non-hydrogen) atoms. The van der Waals surface area contributed by atoms with Crippen molar-refractivity contribution in [2.75, 3.05) is 0 Å². The highest BCUT2D eigenvalue weighted by Crippen LogP contribution is 2.16. The molecule has 0 aliphatic heterocycles. The summed E-state index contributed by atoms with van der Waals surface area (Å²) in [5.41, 5.74) is 0.988.